The zero-order valence-corrected chi connectivity index (χ0v) is 20.3. The molecular weight excluding hydrogens is 496 g/mol. The summed E-state index contributed by atoms with van der Waals surface area (Å²) >= 11 is 7.29. The van der Waals surface area contributed by atoms with Crippen molar-refractivity contribution in [2.24, 2.45) is 0 Å². The van der Waals surface area contributed by atoms with Crippen molar-refractivity contribution in [2.75, 3.05) is 23.3 Å². The lowest BCUT2D eigenvalue weighted by molar-refractivity contribution is -0.114. The molecule has 1 amide bonds. The number of carbonyl (C=O) groups excluding carboxylic acids is 1. The molecule has 34 heavy (non-hydrogen) atoms. The van der Waals surface area contributed by atoms with Crippen LogP contribution in [0.1, 0.15) is 0 Å². The summed E-state index contributed by atoms with van der Waals surface area (Å²) in [6.45, 7) is -0.491. The number of anilines is 2. The minimum Gasteiger partial charge on any atom is -0.497 e. The number of benzene rings is 3. The van der Waals surface area contributed by atoms with Crippen LogP contribution in [0.5, 0.6) is 5.75 Å². The first-order valence-electron chi connectivity index (χ1n) is 9.98. The van der Waals surface area contributed by atoms with Crippen LogP contribution >= 0.6 is 22.9 Å². The molecule has 0 fully saturated rings. The molecule has 0 atom stereocenters. The molecule has 1 heterocycles. The first-order chi connectivity index (χ1) is 16.4. The number of hydrogen-bond acceptors (Lipinski definition) is 7. The predicted molar refractivity (Wildman–Crippen MR) is 133 cm³/mol. The molecule has 8 nitrogen and oxygen atoms in total. The molecule has 11 heteroatoms. The van der Waals surface area contributed by atoms with Crippen molar-refractivity contribution in [1.29, 1.82) is 0 Å². The molecule has 0 radical (unpaired) electrons. The minimum absolute atomic E-state index is 0.00311. The number of halogens is 1. The van der Waals surface area contributed by atoms with Gasteiger partial charge in [-0.25, -0.2) is 8.42 Å². The maximum absolute atomic E-state index is 13.5. The monoisotopic (exact) mass is 514 g/mol. The lowest BCUT2D eigenvalue weighted by Gasteiger charge is -2.24. The number of aromatic nitrogens is 2. The molecule has 0 saturated carbocycles. The van der Waals surface area contributed by atoms with Crippen molar-refractivity contribution in [3.05, 3.63) is 83.9 Å². The fourth-order valence-electron chi connectivity index (χ4n) is 3.08. The Bertz CT molecular complexity index is 1390. The Morgan fingerprint density at radius 1 is 1.03 bits per heavy atom. The maximum atomic E-state index is 13.5. The number of nitrogens with one attached hydrogen (secondary N) is 1. The second-order valence-electron chi connectivity index (χ2n) is 6.99. The van der Waals surface area contributed by atoms with Gasteiger partial charge in [0.15, 0.2) is 0 Å². The molecule has 1 N–H and O–H groups in total. The van der Waals surface area contributed by atoms with E-state index in [1.807, 2.05) is 30.3 Å². The molecule has 0 unspecified atom stereocenters. The van der Waals surface area contributed by atoms with Crippen LogP contribution in [0.3, 0.4) is 0 Å². The average Bonchev–Trinajstić information content (AvgIpc) is 3.31. The van der Waals surface area contributed by atoms with Crippen LogP contribution in [0.25, 0.3) is 10.6 Å². The molecule has 4 aromatic rings. The van der Waals surface area contributed by atoms with Crippen molar-refractivity contribution in [3.8, 4) is 16.3 Å². The van der Waals surface area contributed by atoms with Gasteiger partial charge in [0.05, 0.1) is 17.7 Å². The smallest absolute Gasteiger partial charge is 0.264 e. The quantitative estimate of drug-likeness (QED) is 0.365. The average molecular weight is 515 g/mol. The van der Waals surface area contributed by atoms with Crippen LogP contribution in [-0.2, 0) is 14.8 Å². The second kappa shape index (κ2) is 10.2. The fraction of sp³-hybridized carbons (Fsp3) is 0.0870. The third-order valence-electron chi connectivity index (χ3n) is 4.72. The van der Waals surface area contributed by atoms with E-state index in [1.165, 1.54) is 48.8 Å². The second-order valence-corrected chi connectivity index (χ2v) is 10.3. The zero-order valence-electron chi connectivity index (χ0n) is 17.9. The van der Waals surface area contributed by atoms with E-state index in [4.69, 9.17) is 16.3 Å². The number of ether oxygens (including phenoxy) is 1. The highest BCUT2D eigenvalue weighted by Crippen LogP contribution is 2.28. The predicted octanol–water partition coefficient (Wildman–Crippen LogP) is 4.70. The van der Waals surface area contributed by atoms with Gasteiger partial charge in [-0.1, -0.05) is 59.3 Å². The van der Waals surface area contributed by atoms with E-state index in [-0.39, 0.29) is 15.7 Å². The summed E-state index contributed by atoms with van der Waals surface area (Å²) in [7, 11) is -2.61. The summed E-state index contributed by atoms with van der Waals surface area (Å²) in [5, 5.41) is 12.0. The summed E-state index contributed by atoms with van der Waals surface area (Å²) in [5.74, 6) is -0.0655. The van der Waals surface area contributed by atoms with Crippen molar-refractivity contribution in [3.63, 3.8) is 0 Å². The van der Waals surface area contributed by atoms with E-state index in [9.17, 15) is 13.2 Å². The van der Waals surface area contributed by atoms with Gasteiger partial charge in [0.2, 0.25) is 11.0 Å². The summed E-state index contributed by atoms with van der Waals surface area (Å²) in [6.07, 6.45) is 0. The highest BCUT2D eigenvalue weighted by Gasteiger charge is 2.28. The lowest BCUT2D eigenvalue weighted by atomic mass is 10.2. The van der Waals surface area contributed by atoms with Gasteiger partial charge < -0.3 is 4.74 Å². The Hall–Kier alpha value is -3.47. The van der Waals surface area contributed by atoms with Gasteiger partial charge in [-0.05, 0) is 42.5 Å². The van der Waals surface area contributed by atoms with Gasteiger partial charge in [-0.3, -0.25) is 14.4 Å². The van der Waals surface area contributed by atoms with Crippen molar-refractivity contribution in [1.82, 2.24) is 10.2 Å². The summed E-state index contributed by atoms with van der Waals surface area (Å²) in [4.78, 5) is 12.9. The highest BCUT2D eigenvalue weighted by molar-refractivity contribution is 7.92. The first-order valence-corrected chi connectivity index (χ1v) is 12.6. The number of methoxy groups -OCH3 is 1. The molecular formula is C23H19ClN4O4S2. The number of hydrogen-bond donors (Lipinski definition) is 1. The third-order valence-corrected chi connectivity index (χ3v) is 7.63. The SMILES string of the molecule is COc1ccc(S(=O)(=O)N(CC(=O)Nc2nnc(-c3ccccc3)s2)c2cccc(Cl)c2)cc1. The van der Waals surface area contributed by atoms with Crippen LogP contribution in [0.15, 0.2) is 83.8 Å². The molecule has 0 aliphatic carbocycles. The van der Waals surface area contributed by atoms with Crippen LogP contribution in [0, 0.1) is 0 Å². The molecule has 0 bridgehead atoms. The molecule has 0 aliphatic rings. The molecule has 0 saturated heterocycles. The Labute approximate surface area is 205 Å². The largest absolute Gasteiger partial charge is 0.497 e. The maximum Gasteiger partial charge on any atom is 0.264 e. The topological polar surface area (TPSA) is 101 Å². The van der Waals surface area contributed by atoms with Gasteiger partial charge in [-0.15, -0.1) is 10.2 Å². The summed E-state index contributed by atoms with van der Waals surface area (Å²) < 4.78 is 33.0. The highest BCUT2D eigenvalue weighted by atomic mass is 35.5. The van der Waals surface area contributed by atoms with E-state index < -0.39 is 22.5 Å². The third kappa shape index (κ3) is 5.36. The van der Waals surface area contributed by atoms with E-state index in [1.54, 1.807) is 18.2 Å². The summed E-state index contributed by atoms with van der Waals surface area (Å²) in [6, 6.07) is 21.6. The summed E-state index contributed by atoms with van der Waals surface area (Å²) in [5.41, 5.74) is 1.11. The van der Waals surface area contributed by atoms with E-state index in [0.29, 0.717) is 15.8 Å². The normalized spacial score (nSPS) is 11.1. The van der Waals surface area contributed by atoms with Gasteiger partial charge in [0, 0.05) is 10.6 Å². The molecule has 174 valence electrons. The molecule has 4 rings (SSSR count). The van der Waals surface area contributed by atoms with Crippen LogP contribution in [-0.4, -0.2) is 38.2 Å². The van der Waals surface area contributed by atoms with Crippen molar-refractivity contribution < 1.29 is 17.9 Å². The van der Waals surface area contributed by atoms with Crippen LogP contribution in [0.4, 0.5) is 10.8 Å². The molecule has 0 spiro atoms. The number of carbonyl (C=O) groups is 1. The molecule has 3 aromatic carbocycles. The Morgan fingerprint density at radius 2 is 1.76 bits per heavy atom. The number of amides is 1. The van der Waals surface area contributed by atoms with E-state index in [2.05, 4.69) is 15.5 Å². The minimum atomic E-state index is -4.10. The van der Waals surface area contributed by atoms with E-state index in [0.717, 1.165) is 9.87 Å². The zero-order chi connectivity index (χ0) is 24.1. The first kappa shape index (κ1) is 23.7. The van der Waals surface area contributed by atoms with Crippen LogP contribution in [0.2, 0.25) is 5.02 Å². The number of sulfonamides is 1. The van der Waals surface area contributed by atoms with Crippen molar-refractivity contribution >= 4 is 49.7 Å². The standard InChI is InChI=1S/C23H19ClN4O4S2/c1-32-19-10-12-20(13-11-19)34(30,31)28(18-9-5-8-17(24)14-18)15-21(29)25-23-27-26-22(33-23)16-6-3-2-4-7-16/h2-14H,15H2,1H3,(H,25,27,29). The van der Waals surface area contributed by atoms with E-state index >= 15 is 0 Å². The fourth-order valence-corrected chi connectivity index (χ4v) is 5.44. The molecule has 1 aromatic heterocycles. The Balaban J connectivity index is 1.60. The Morgan fingerprint density at radius 3 is 2.44 bits per heavy atom. The van der Waals surface area contributed by atoms with Gasteiger partial charge in [-0.2, -0.15) is 0 Å². The van der Waals surface area contributed by atoms with Crippen LogP contribution < -0.4 is 14.4 Å². The number of rotatable bonds is 8. The van der Waals surface area contributed by atoms with Crippen molar-refractivity contribution in [2.45, 2.75) is 4.90 Å². The van der Waals surface area contributed by atoms with Gasteiger partial charge in [0.1, 0.15) is 17.3 Å². The molecule has 0 aliphatic heterocycles. The van der Waals surface area contributed by atoms with Gasteiger partial charge in [0.25, 0.3) is 10.0 Å². The number of nitrogens with zero attached hydrogens (tertiary/aromatic N) is 3. The lowest BCUT2D eigenvalue weighted by Crippen LogP contribution is -2.38. The Kier molecular flexibility index (Phi) is 7.11. The van der Waals surface area contributed by atoms with Gasteiger partial charge >= 0.3 is 0 Å².